The van der Waals surface area contributed by atoms with Crippen LogP contribution in [0.5, 0.6) is 0 Å². The Morgan fingerprint density at radius 2 is 2.33 bits per heavy atom. The second-order valence-electron chi connectivity index (χ2n) is 2.60. The van der Waals surface area contributed by atoms with Gasteiger partial charge in [0.15, 0.2) is 0 Å². The minimum absolute atomic E-state index is 1.06. The molecule has 0 atom stereocenters. The van der Waals surface area contributed by atoms with Gasteiger partial charge in [-0.3, -0.25) is 5.10 Å². The fourth-order valence-electron chi connectivity index (χ4n) is 1.33. The summed E-state index contributed by atoms with van der Waals surface area (Å²) in [4.78, 5) is 5.36. The summed E-state index contributed by atoms with van der Waals surface area (Å²) < 4.78 is 0. The topological polar surface area (TPSA) is 41.6 Å². The van der Waals surface area contributed by atoms with Gasteiger partial charge in [-0.05, 0) is 11.4 Å². The van der Waals surface area contributed by atoms with Gasteiger partial charge in [0.2, 0.25) is 0 Å². The van der Waals surface area contributed by atoms with Crippen molar-refractivity contribution in [2.45, 2.75) is 0 Å². The summed E-state index contributed by atoms with van der Waals surface area (Å²) in [7, 11) is 0. The summed E-state index contributed by atoms with van der Waals surface area (Å²) in [5, 5.41) is 11.2. The van der Waals surface area contributed by atoms with Gasteiger partial charge in [0.1, 0.15) is 4.83 Å². The number of nitrogens with zero attached hydrogens (tertiary/aromatic N) is 2. The Bertz CT molecular complexity index is 487. The lowest BCUT2D eigenvalue weighted by Gasteiger charge is -1.88. The van der Waals surface area contributed by atoms with Crippen molar-refractivity contribution in [3.63, 3.8) is 0 Å². The molecule has 0 aliphatic heterocycles. The van der Waals surface area contributed by atoms with Crippen molar-refractivity contribution < 1.29 is 0 Å². The van der Waals surface area contributed by atoms with Crippen LogP contribution in [-0.2, 0) is 0 Å². The Kier molecular flexibility index (Phi) is 1.04. The number of hydrogen-bond acceptors (Lipinski definition) is 3. The second kappa shape index (κ2) is 2.04. The van der Waals surface area contributed by atoms with Crippen LogP contribution >= 0.6 is 11.3 Å². The molecule has 58 valence electrons. The van der Waals surface area contributed by atoms with E-state index >= 15 is 0 Å². The molecule has 0 aromatic carbocycles. The number of aromatic nitrogens is 3. The van der Waals surface area contributed by atoms with Crippen LogP contribution in [0.15, 0.2) is 23.8 Å². The monoisotopic (exact) mass is 175 g/mol. The summed E-state index contributed by atoms with van der Waals surface area (Å²) in [6.07, 6.45) is 3.64. The third-order valence-electron chi connectivity index (χ3n) is 1.90. The summed E-state index contributed by atoms with van der Waals surface area (Å²) in [5.41, 5.74) is 1.08. The molecule has 1 N–H and O–H groups in total. The molecule has 0 aliphatic carbocycles. The summed E-state index contributed by atoms with van der Waals surface area (Å²) in [6, 6.07) is 2.06. The molecule has 0 fully saturated rings. The number of H-pyrrole nitrogens is 1. The van der Waals surface area contributed by atoms with E-state index in [2.05, 4.69) is 21.2 Å². The molecular weight excluding hydrogens is 170 g/mol. The van der Waals surface area contributed by atoms with Crippen molar-refractivity contribution in [1.29, 1.82) is 0 Å². The maximum Gasteiger partial charge on any atom is 0.125 e. The van der Waals surface area contributed by atoms with Gasteiger partial charge in [-0.15, -0.1) is 11.3 Å². The number of rotatable bonds is 0. The van der Waals surface area contributed by atoms with Crippen LogP contribution in [0, 0.1) is 0 Å². The van der Waals surface area contributed by atoms with Crippen molar-refractivity contribution in [3.8, 4) is 0 Å². The molecule has 4 heteroatoms. The van der Waals surface area contributed by atoms with Crippen LogP contribution in [0.4, 0.5) is 0 Å². The van der Waals surface area contributed by atoms with E-state index in [1.165, 1.54) is 0 Å². The standard InChI is InChI=1S/C8H5N3S/c1-2-12-8-6(1)7-5(3-9-8)4-10-11-7/h1-4H,(H,10,11). The lowest BCUT2D eigenvalue weighted by atomic mass is 10.3. The molecule has 0 bridgehead atoms. The molecular formula is C8H5N3S. The van der Waals surface area contributed by atoms with Crippen LogP contribution in [0.25, 0.3) is 21.1 Å². The fourth-order valence-corrected chi connectivity index (χ4v) is 2.07. The normalized spacial score (nSPS) is 11.3. The van der Waals surface area contributed by atoms with E-state index in [0.29, 0.717) is 0 Å². The lowest BCUT2D eigenvalue weighted by molar-refractivity contribution is 1.12. The molecule has 3 heterocycles. The van der Waals surface area contributed by atoms with Gasteiger partial charge < -0.3 is 0 Å². The smallest absolute Gasteiger partial charge is 0.125 e. The van der Waals surface area contributed by atoms with Gasteiger partial charge in [-0.2, -0.15) is 5.10 Å². The Morgan fingerprint density at radius 3 is 3.33 bits per heavy atom. The quantitative estimate of drug-likeness (QED) is 0.569. The minimum atomic E-state index is 1.06. The van der Waals surface area contributed by atoms with Crippen LogP contribution in [0.1, 0.15) is 0 Å². The first-order valence-corrected chi connectivity index (χ1v) is 4.48. The number of thiophene rings is 1. The molecule has 0 aliphatic rings. The van der Waals surface area contributed by atoms with E-state index in [9.17, 15) is 0 Å². The third kappa shape index (κ3) is 0.648. The molecule has 12 heavy (non-hydrogen) atoms. The van der Waals surface area contributed by atoms with E-state index in [4.69, 9.17) is 0 Å². The maximum atomic E-state index is 4.30. The van der Waals surface area contributed by atoms with Crippen molar-refractivity contribution in [1.82, 2.24) is 15.2 Å². The highest BCUT2D eigenvalue weighted by molar-refractivity contribution is 7.16. The van der Waals surface area contributed by atoms with Crippen LogP contribution in [0.2, 0.25) is 0 Å². The Balaban J connectivity index is 2.71. The van der Waals surface area contributed by atoms with Crippen LogP contribution < -0.4 is 0 Å². The average molecular weight is 175 g/mol. The van der Waals surface area contributed by atoms with Gasteiger partial charge in [0.25, 0.3) is 0 Å². The summed E-state index contributed by atoms with van der Waals surface area (Å²) >= 11 is 1.65. The van der Waals surface area contributed by atoms with E-state index < -0.39 is 0 Å². The highest BCUT2D eigenvalue weighted by atomic mass is 32.1. The maximum absolute atomic E-state index is 4.30. The zero-order valence-corrected chi connectivity index (χ0v) is 6.93. The highest BCUT2D eigenvalue weighted by Crippen LogP contribution is 2.24. The molecule has 0 saturated carbocycles. The number of fused-ring (bicyclic) bond motifs is 3. The largest absolute Gasteiger partial charge is 0.277 e. The Morgan fingerprint density at radius 1 is 1.33 bits per heavy atom. The number of hydrogen-bond donors (Lipinski definition) is 1. The van der Waals surface area contributed by atoms with E-state index in [1.807, 2.05) is 11.6 Å². The van der Waals surface area contributed by atoms with E-state index in [1.54, 1.807) is 17.5 Å². The van der Waals surface area contributed by atoms with Gasteiger partial charge >= 0.3 is 0 Å². The lowest BCUT2D eigenvalue weighted by Crippen LogP contribution is -1.73. The summed E-state index contributed by atoms with van der Waals surface area (Å²) in [6.45, 7) is 0. The van der Waals surface area contributed by atoms with Crippen LogP contribution in [-0.4, -0.2) is 15.2 Å². The zero-order valence-electron chi connectivity index (χ0n) is 6.11. The van der Waals surface area contributed by atoms with Gasteiger partial charge in [0, 0.05) is 17.0 Å². The second-order valence-corrected chi connectivity index (χ2v) is 3.49. The Labute approximate surface area is 72.1 Å². The van der Waals surface area contributed by atoms with Crippen molar-refractivity contribution in [2.75, 3.05) is 0 Å². The molecule has 3 aromatic rings. The third-order valence-corrected chi connectivity index (χ3v) is 2.72. The molecule has 3 nitrogen and oxygen atoms in total. The molecule has 0 radical (unpaired) electrons. The molecule has 0 saturated heterocycles. The fraction of sp³-hybridized carbons (Fsp3) is 0. The number of aromatic amines is 1. The van der Waals surface area contributed by atoms with E-state index in [-0.39, 0.29) is 0 Å². The van der Waals surface area contributed by atoms with Crippen molar-refractivity contribution >= 4 is 32.5 Å². The number of pyridine rings is 1. The number of nitrogens with one attached hydrogen (secondary N) is 1. The van der Waals surface area contributed by atoms with Crippen LogP contribution in [0.3, 0.4) is 0 Å². The van der Waals surface area contributed by atoms with Crippen molar-refractivity contribution in [2.24, 2.45) is 0 Å². The Hall–Kier alpha value is -1.42. The van der Waals surface area contributed by atoms with Gasteiger partial charge in [-0.25, -0.2) is 4.98 Å². The highest BCUT2D eigenvalue weighted by Gasteiger charge is 2.02. The zero-order chi connectivity index (χ0) is 7.97. The molecule has 0 spiro atoms. The first kappa shape index (κ1) is 6.14. The average Bonchev–Trinajstić information content (AvgIpc) is 2.71. The first-order valence-electron chi connectivity index (χ1n) is 3.60. The minimum Gasteiger partial charge on any atom is -0.277 e. The van der Waals surface area contributed by atoms with Gasteiger partial charge in [0.05, 0.1) is 11.7 Å². The van der Waals surface area contributed by atoms with Gasteiger partial charge in [-0.1, -0.05) is 0 Å². The molecule has 0 unspecified atom stereocenters. The molecule has 3 aromatic heterocycles. The predicted molar refractivity (Wildman–Crippen MR) is 49.3 cm³/mol. The predicted octanol–water partition coefficient (Wildman–Crippen LogP) is 2.17. The van der Waals surface area contributed by atoms with E-state index in [0.717, 1.165) is 21.1 Å². The first-order chi connectivity index (χ1) is 5.95. The molecule has 3 rings (SSSR count). The van der Waals surface area contributed by atoms with Crippen molar-refractivity contribution in [3.05, 3.63) is 23.8 Å². The molecule has 0 amide bonds. The SMILES string of the molecule is c1cc2c(ncc3cn[nH]c32)s1. The summed E-state index contributed by atoms with van der Waals surface area (Å²) in [5.74, 6) is 0.